The molecule has 0 N–H and O–H groups in total. The van der Waals surface area contributed by atoms with Gasteiger partial charge in [0, 0.05) is 6.42 Å². The summed E-state index contributed by atoms with van der Waals surface area (Å²) in [4.78, 5) is 0. The smallest absolute Gasteiger partial charge is 0.161 e. The van der Waals surface area contributed by atoms with Crippen LogP contribution >= 0.6 is 12.6 Å². The first-order chi connectivity index (χ1) is 12.2. The molecule has 1 aliphatic rings. The lowest BCUT2D eigenvalue weighted by molar-refractivity contribution is -0.151. The number of rotatable bonds is 6. The van der Waals surface area contributed by atoms with Crippen LogP contribution in [0.4, 0.5) is 0 Å². The lowest BCUT2D eigenvalue weighted by Gasteiger charge is -2.39. The third-order valence-corrected chi connectivity index (χ3v) is 4.61. The summed E-state index contributed by atoms with van der Waals surface area (Å²) < 4.78 is 23.6. The van der Waals surface area contributed by atoms with E-state index in [1.807, 2.05) is 49.4 Å². The van der Waals surface area contributed by atoms with Crippen LogP contribution in [0.3, 0.4) is 0 Å². The fraction of sp³-hybridized carbons (Fsp3) is 0.400. The van der Waals surface area contributed by atoms with Crippen LogP contribution in [-0.2, 0) is 16.1 Å². The van der Waals surface area contributed by atoms with Crippen LogP contribution in [0.5, 0.6) is 11.5 Å². The molecule has 25 heavy (non-hydrogen) atoms. The highest BCUT2D eigenvalue weighted by molar-refractivity contribution is 7.80. The fourth-order valence-electron chi connectivity index (χ4n) is 2.99. The molecule has 2 aromatic rings. The Hall–Kier alpha value is -1.69. The molecule has 134 valence electrons. The molecule has 1 unspecified atom stereocenters. The van der Waals surface area contributed by atoms with E-state index in [2.05, 4.69) is 24.8 Å². The Balaban J connectivity index is 1.73. The predicted molar refractivity (Wildman–Crippen MR) is 100 cm³/mol. The maximum absolute atomic E-state index is 6.23. The van der Waals surface area contributed by atoms with E-state index in [0.29, 0.717) is 24.5 Å². The van der Waals surface area contributed by atoms with Crippen LogP contribution in [0.1, 0.15) is 18.9 Å². The zero-order valence-corrected chi connectivity index (χ0v) is 15.4. The Morgan fingerprint density at radius 2 is 1.72 bits per heavy atom. The molecule has 0 aromatic heterocycles. The van der Waals surface area contributed by atoms with Gasteiger partial charge in [-0.25, -0.2) is 0 Å². The monoisotopic (exact) mass is 360 g/mol. The van der Waals surface area contributed by atoms with Crippen LogP contribution in [0, 0.1) is 0 Å². The lowest BCUT2D eigenvalue weighted by Crippen LogP contribution is -2.50. The normalized spacial score (nSPS) is 26.2. The van der Waals surface area contributed by atoms with Crippen LogP contribution < -0.4 is 9.47 Å². The average molecular weight is 360 g/mol. The molecule has 0 amide bonds. The number of methoxy groups -OCH3 is 1. The Morgan fingerprint density at radius 1 is 1.04 bits per heavy atom. The standard InChI is InChI=1S/C20H24O4S/c1-14-20(24-17-11-7-6-10-16(17)21-2)18(12-19(25)23-14)22-13-15-8-4-3-5-9-15/h3-11,14,18-20,25H,12-13H2,1-2H3/t14-,18-,19?,20-/m1/s1. The number of ether oxygens (including phenoxy) is 4. The number of para-hydroxylation sites is 2. The number of hydrogen-bond donors (Lipinski definition) is 1. The predicted octanol–water partition coefficient (Wildman–Crippen LogP) is 4.09. The first-order valence-corrected chi connectivity index (χ1v) is 8.97. The van der Waals surface area contributed by atoms with Gasteiger partial charge >= 0.3 is 0 Å². The van der Waals surface area contributed by atoms with Gasteiger partial charge in [-0.05, 0) is 24.6 Å². The topological polar surface area (TPSA) is 36.9 Å². The average Bonchev–Trinajstić information content (AvgIpc) is 2.63. The van der Waals surface area contributed by atoms with E-state index in [9.17, 15) is 0 Å². The Morgan fingerprint density at radius 3 is 2.44 bits per heavy atom. The van der Waals surface area contributed by atoms with Crippen molar-refractivity contribution in [1.82, 2.24) is 0 Å². The molecule has 1 aliphatic heterocycles. The summed E-state index contributed by atoms with van der Waals surface area (Å²) in [5, 5.41) is 0. The maximum Gasteiger partial charge on any atom is 0.161 e. The second-order valence-electron chi connectivity index (χ2n) is 6.10. The molecule has 0 spiro atoms. The van der Waals surface area contributed by atoms with Crippen LogP contribution in [0.2, 0.25) is 0 Å². The van der Waals surface area contributed by atoms with Gasteiger partial charge in [0.05, 0.1) is 19.8 Å². The first kappa shape index (κ1) is 18.1. The van der Waals surface area contributed by atoms with Gasteiger partial charge in [-0.1, -0.05) is 42.5 Å². The van der Waals surface area contributed by atoms with Gasteiger partial charge in [-0.15, -0.1) is 12.6 Å². The van der Waals surface area contributed by atoms with Crippen LogP contribution in [0.25, 0.3) is 0 Å². The highest BCUT2D eigenvalue weighted by Gasteiger charge is 2.38. The minimum Gasteiger partial charge on any atom is -0.493 e. The Labute approximate surface area is 154 Å². The van der Waals surface area contributed by atoms with Gasteiger partial charge in [0.15, 0.2) is 17.6 Å². The highest BCUT2D eigenvalue weighted by atomic mass is 32.1. The van der Waals surface area contributed by atoms with Gasteiger partial charge in [-0.3, -0.25) is 0 Å². The van der Waals surface area contributed by atoms with E-state index < -0.39 is 0 Å². The molecule has 1 heterocycles. The SMILES string of the molecule is COc1ccccc1O[C@@H]1[C@@H](C)OC(S)C[C@H]1OCc1ccccc1. The zero-order chi connectivity index (χ0) is 17.6. The van der Waals surface area contributed by atoms with Crippen molar-refractivity contribution in [3.8, 4) is 11.5 Å². The third kappa shape index (κ3) is 4.69. The molecule has 1 fully saturated rings. The summed E-state index contributed by atoms with van der Waals surface area (Å²) in [6.07, 6.45) is 0.182. The molecule has 1 saturated heterocycles. The van der Waals surface area contributed by atoms with E-state index in [4.69, 9.17) is 18.9 Å². The van der Waals surface area contributed by atoms with Crippen molar-refractivity contribution in [2.75, 3.05) is 7.11 Å². The lowest BCUT2D eigenvalue weighted by atomic mass is 10.0. The molecule has 4 atom stereocenters. The second-order valence-corrected chi connectivity index (χ2v) is 6.68. The molecule has 5 heteroatoms. The molecular weight excluding hydrogens is 336 g/mol. The summed E-state index contributed by atoms with van der Waals surface area (Å²) in [7, 11) is 1.64. The highest BCUT2D eigenvalue weighted by Crippen LogP contribution is 2.33. The van der Waals surface area contributed by atoms with Crippen LogP contribution in [-0.4, -0.2) is 30.9 Å². The summed E-state index contributed by atoms with van der Waals surface area (Å²) in [5.74, 6) is 1.39. The van der Waals surface area contributed by atoms with E-state index in [1.54, 1.807) is 7.11 Å². The number of hydrogen-bond acceptors (Lipinski definition) is 5. The molecule has 0 aliphatic carbocycles. The van der Waals surface area contributed by atoms with Crippen molar-refractivity contribution < 1.29 is 18.9 Å². The fourth-order valence-corrected chi connectivity index (χ4v) is 3.39. The van der Waals surface area contributed by atoms with Crippen molar-refractivity contribution in [1.29, 1.82) is 0 Å². The number of thiol groups is 1. The molecular formula is C20H24O4S. The zero-order valence-electron chi connectivity index (χ0n) is 14.5. The van der Waals surface area contributed by atoms with Crippen molar-refractivity contribution in [3.05, 3.63) is 60.2 Å². The van der Waals surface area contributed by atoms with Gasteiger partial charge in [0.25, 0.3) is 0 Å². The third-order valence-electron chi connectivity index (χ3n) is 4.27. The van der Waals surface area contributed by atoms with Crippen molar-refractivity contribution >= 4 is 12.6 Å². The molecule has 3 rings (SSSR count). The van der Waals surface area contributed by atoms with E-state index >= 15 is 0 Å². The number of benzene rings is 2. The maximum atomic E-state index is 6.23. The Bertz CT molecular complexity index is 664. The van der Waals surface area contributed by atoms with Crippen LogP contribution in [0.15, 0.2) is 54.6 Å². The minimum atomic E-state index is -0.233. The van der Waals surface area contributed by atoms with E-state index in [1.165, 1.54) is 0 Å². The second kappa shape index (κ2) is 8.61. The molecule has 0 bridgehead atoms. The summed E-state index contributed by atoms with van der Waals surface area (Å²) in [6.45, 7) is 2.52. The summed E-state index contributed by atoms with van der Waals surface area (Å²) in [5.41, 5.74) is 0.974. The van der Waals surface area contributed by atoms with Gasteiger partial charge in [0.1, 0.15) is 11.5 Å². The molecule has 0 radical (unpaired) electrons. The molecule has 2 aromatic carbocycles. The van der Waals surface area contributed by atoms with Crippen molar-refractivity contribution in [3.63, 3.8) is 0 Å². The molecule has 0 saturated carbocycles. The summed E-state index contributed by atoms with van der Waals surface area (Å²) in [6, 6.07) is 17.7. The molecule has 4 nitrogen and oxygen atoms in total. The van der Waals surface area contributed by atoms with Crippen molar-refractivity contribution in [2.24, 2.45) is 0 Å². The minimum absolute atomic E-state index is 0.114. The van der Waals surface area contributed by atoms with Gasteiger partial charge < -0.3 is 18.9 Å². The van der Waals surface area contributed by atoms with Gasteiger partial charge in [0.2, 0.25) is 0 Å². The first-order valence-electron chi connectivity index (χ1n) is 8.46. The van der Waals surface area contributed by atoms with Crippen molar-refractivity contribution in [2.45, 2.75) is 43.7 Å². The van der Waals surface area contributed by atoms with E-state index in [0.717, 1.165) is 5.56 Å². The van der Waals surface area contributed by atoms with Gasteiger partial charge in [-0.2, -0.15) is 0 Å². The van der Waals surface area contributed by atoms with E-state index in [-0.39, 0.29) is 23.7 Å². The largest absolute Gasteiger partial charge is 0.493 e. The quantitative estimate of drug-likeness (QED) is 0.787. The summed E-state index contributed by atoms with van der Waals surface area (Å²) >= 11 is 4.48. The Kier molecular flexibility index (Phi) is 6.24.